The maximum Gasteiger partial charge on any atom is 0.144 e. The van der Waals surface area contributed by atoms with Gasteiger partial charge >= 0.3 is 0 Å². The van der Waals surface area contributed by atoms with E-state index in [-0.39, 0.29) is 0 Å². The third-order valence-electron chi connectivity index (χ3n) is 3.57. The van der Waals surface area contributed by atoms with Crippen LogP contribution in [0.1, 0.15) is 5.56 Å². The highest BCUT2D eigenvalue weighted by molar-refractivity contribution is 6.09. The van der Waals surface area contributed by atoms with Crippen molar-refractivity contribution in [3.8, 4) is 17.3 Å². The monoisotopic (exact) mass is 270 g/mol. The lowest BCUT2D eigenvalue weighted by molar-refractivity contribution is 0.670. The van der Waals surface area contributed by atoms with Crippen molar-refractivity contribution in [1.82, 2.24) is 4.98 Å². The van der Waals surface area contributed by atoms with Crippen LogP contribution in [0.15, 0.2) is 65.2 Å². The van der Waals surface area contributed by atoms with E-state index in [4.69, 9.17) is 9.68 Å². The van der Waals surface area contributed by atoms with Crippen LogP contribution in [0.25, 0.3) is 33.2 Å². The standard InChI is InChI=1S/C18H10N2O/c19-11-12-8-9-20-16(10-12)15-6-3-5-14-13-4-1-2-7-17(13)21-18(14)15/h1-10H. The summed E-state index contributed by atoms with van der Waals surface area (Å²) in [5.74, 6) is 0. The highest BCUT2D eigenvalue weighted by Crippen LogP contribution is 2.34. The van der Waals surface area contributed by atoms with E-state index in [1.165, 1.54) is 0 Å². The van der Waals surface area contributed by atoms with Crippen molar-refractivity contribution in [2.75, 3.05) is 0 Å². The number of rotatable bonds is 1. The lowest BCUT2D eigenvalue weighted by Gasteiger charge is -2.01. The molecule has 21 heavy (non-hydrogen) atoms. The van der Waals surface area contributed by atoms with Crippen LogP contribution in [-0.4, -0.2) is 4.98 Å². The highest BCUT2D eigenvalue weighted by atomic mass is 16.3. The Morgan fingerprint density at radius 1 is 0.952 bits per heavy atom. The summed E-state index contributed by atoms with van der Waals surface area (Å²) < 4.78 is 5.99. The number of fused-ring (bicyclic) bond motifs is 3. The Balaban J connectivity index is 2.07. The van der Waals surface area contributed by atoms with Gasteiger partial charge in [0, 0.05) is 22.5 Å². The van der Waals surface area contributed by atoms with Crippen molar-refractivity contribution in [3.05, 3.63) is 66.4 Å². The second-order valence-electron chi connectivity index (χ2n) is 4.82. The Labute approximate surface area is 121 Å². The lowest BCUT2D eigenvalue weighted by atomic mass is 10.1. The fourth-order valence-corrected chi connectivity index (χ4v) is 2.60. The van der Waals surface area contributed by atoms with Gasteiger partial charge in [-0.25, -0.2) is 0 Å². The number of pyridine rings is 1. The number of nitrogens with zero attached hydrogens (tertiary/aromatic N) is 2. The van der Waals surface area contributed by atoms with Crippen LogP contribution >= 0.6 is 0 Å². The molecule has 2 heterocycles. The maximum atomic E-state index is 9.04. The zero-order valence-electron chi connectivity index (χ0n) is 11.1. The molecule has 0 unspecified atom stereocenters. The van der Waals surface area contributed by atoms with Gasteiger partial charge < -0.3 is 4.42 Å². The fourth-order valence-electron chi connectivity index (χ4n) is 2.60. The third kappa shape index (κ3) is 1.78. The molecule has 0 aliphatic rings. The normalized spacial score (nSPS) is 10.8. The number of benzene rings is 2. The summed E-state index contributed by atoms with van der Waals surface area (Å²) in [5, 5.41) is 11.2. The minimum absolute atomic E-state index is 0.591. The summed E-state index contributed by atoms with van der Waals surface area (Å²) in [6.45, 7) is 0. The summed E-state index contributed by atoms with van der Waals surface area (Å²) in [6, 6.07) is 19.6. The van der Waals surface area contributed by atoms with Crippen LogP contribution < -0.4 is 0 Å². The van der Waals surface area contributed by atoms with Gasteiger partial charge in [0.2, 0.25) is 0 Å². The number of hydrogen-bond donors (Lipinski definition) is 0. The second kappa shape index (κ2) is 4.46. The minimum Gasteiger partial charge on any atom is -0.455 e. The lowest BCUT2D eigenvalue weighted by Crippen LogP contribution is -1.85. The van der Waals surface area contributed by atoms with Gasteiger partial charge in [-0.2, -0.15) is 5.26 Å². The van der Waals surface area contributed by atoms with E-state index >= 15 is 0 Å². The Morgan fingerprint density at radius 2 is 1.81 bits per heavy atom. The molecule has 0 saturated carbocycles. The number of nitriles is 1. The van der Waals surface area contributed by atoms with Crippen LogP contribution in [-0.2, 0) is 0 Å². The van der Waals surface area contributed by atoms with Crippen molar-refractivity contribution >= 4 is 21.9 Å². The summed E-state index contributed by atoms with van der Waals surface area (Å²) in [6.07, 6.45) is 1.65. The molecule has 0 spiro atoms. The Kier molecular flexibility index (Phi) is 2.48. The number of furan rings is 1. The fraction of sp³-hybridized carbons (Fsp3) is 0. The molecule has 3 heteroatoms. The molecular weight excluding hydrogens is 260 g/mol. The van der Waals surface area contributed by atoms with Gasteiger partial charge in [0.25, 0.3) is 0 Å². The minimum atomic E-state index is 0.591. The number of hydrogen-bond acceptors (Lipinski definition) is 3. The first kappa shape index (κ1) is 11.7. The predicted octanol–water partition coefficient (Wildman–Crippen LogP) is 4.52. The summed E-state index contributed by atoms with van der Waals surface area (Å²) >= 11 is 0. The van der Waals surface area contributed by atoms with Crippen LogP contribution in [0.3, 0.4) is 0 Å². The molecule has 98 valence electrons. The first-order valence-electron chi connectivity index (χ1n) is 6.63. The number of aromatic nitrogens is 1. The molecule has 2 aromatic carbocycles. The second-order valence-corrected chi connectivity index (χ2v) is 4.82. The SMILES string of the molecule is N#Cc1ccnc(-c2cccc3c2oc2ccccc23)c1. The Bertz CT molecular complexity index is 1010. The molecule has 0 radical (unpaired) electrons. The largest absolute Gasteiger partial charge is 0.455 e. The molecule has 0 N–H and O–H groups in total. The Morgan fingerprint density at radius 3 is 2.71 bits per heavy atom. The van der Waals surface area contributed by atoms with Gasteiger partial charge in [-0.3, -0.25) is 4.98 Å². The molecule has 0 saturated heterocycles. The van der Waals surface area contributed by atoms with E-state index in [0.29, 0.717) is 5.56 Å². The smallest absolute Gasteiger partial charge is 0.144 e. The molecule has 0 aliphatic heterocycles. The van der Waals surface area contributed by atoms with Gasteiger partial charge in [-0.15, -0.1) is 0 Å². The van der Waals surface area contributed by atoms with Gasteiger partial charge in [0.1, 0.15) is 11.2 Å². The molecule has 4 aromatic rings. The summed E-state index contributed by atoms with van der Waals surface area (Å²) in [7, 11) is 0. The molecular formula is C18H10N2O. The molecule has 2 aromatic heterocycles. The van der Waals surface area contributed by atoms with E-state index in [0.717, 1.165) is 33.2 Å². The van der Waals surface area contributed by atoms with Crippen molar-refractivity contribution in [2.45, 2.75) is 0 Å². The van der Waals surface area contributed by atoms with Crippen LogP contribution in [0, 0.1) is 11.3 Å². The quantitative estimate of drug-likeness (QED) is 0.511. The van der Waals surface area contributed by atoms with Crippen LogP contribution in [0.2, 0.25) is 0 Å². The molecule has 4 rings (SSSR count). The molecule has 0 amide bonds. The van der Waals surface area contributed by atoms with Crippen molar-refractivity contribution < 1.29 is 4.42 Å². The molecule has 3 nitrogen and oxygen atoms in total. The topological polar surface area (TPSA) is 49.8 Å². The van der Waals surface area contributed by atoms with Gasteiger partial charge in [0.15, 0.2) is 0 Å². The average molecular weight is 270 g/mol. The summed E-state index contributed by atoms with van der Waals surface area (Å²) in [5.41, 5.74) is 3.91. The molecule has 0 bridgehead atoms. The van der Waals surface area contributed by atoms with E-state index < -0.39 is 0 Å². The van der Waals surface area contributed by atoms with E-state index in [9.17, 15) is 0 Å². The maximum absolute atomic E-state index is 9.04. The zero-order valence-corrected chi connectivity index (χ0v) is 11.1. The predicted molar refractivity (Wildman–Crippen MR) is 81.7 cm³/mol. The average Bonchev–Trinajstić information content (AvgIpc) is 2.93. The third-order valence-corrected chi connectivity index (χ3v) is 3.57. The molecule has 0 fully saturated rings. The van der Waals surface area contributed by atoms with E-state index in [1.807, 2.05) is 42.5 Å². The van der Waals surface area contributed by atoms with Crippen molar-refractivity contribution in [2.24, 2.45) is 0 Å². The van der Waals surface area contributed by atoms with Gasteiger partial charge in [-0.05, 0) is 24.3 Å². The zero-order chi connectivity index (χ0) is 14.2. The first-order valence-corrected chi connectivity index (χ1v) is 6.63. The summed E-state index contributed by atoms with van der Waals surface area (Å²) in [4.78, 5) is 4.37. The van der Waals surface area contributed by atoms with E-state index in [1.54, 1.807) is 18.3 Å². The highest BCUT2D eigenvalue weighted by Gasteiger charge is 2.12. The van der Waals surface area contributed by atoms with Gasteiger partial charge in [0.05, 0.1) is 17.3 Å². The van der Waals surface area contributed by atoms with Crippen LogP contribution in [0.4, 0.5) is 0 Å². The first-order chi connectivity index (χ1) is 10.4. The van der Waals surface area contributed by atoms with Gasteiger partial charge in [-0.1, -0.05) is 30.3 Å². The van der Waals surface area contributed by atoms with Crippen LogP contribution in [0.5, 0.6) is 0 Å². The number of para-hydroxylation sites is 2. The Hall–Kier alpha value is -3.12. The van der Waals surface area contributed by atoms with Crippen molar-refractivity contribution in [3.63, 3.8) is 0 Å². The molecule has 0 aliphatic carbocycles. The molecule has 0 atom stereocenters. The van der Waals surface area contributed by atoms with E-state index in [2.05, 4.69) is 11.1 Å². The van der Waals surface area contributed by atoms with Crippen molar-refractivity contribution in [1.29, 1.82) is 5.26 Å².